The first-order valence-electron chi connectivity index (χ1n) is 4.40. The average Bonchev–Trinajstić information content (AvgIpc) is 2.04. The second-order valence-electron chi connectivity index (χ2n) is 3.60. The number of nitrogens with two attached hydrogens (primary N) is 1. The van der Waals surface area contributed by atoms with Gasteiger partial charge < -0.3 is 10.5 Å². The molecule has 1 aliphatic rings. The third-order valence-electron chi connectivity index (χ3n) is 2.16. The Morgan fingerprint density at radius 1 is 1.46 bits per heavy atom. The van der Waals surface area contributed by atoms with Crippen LogP contribution in [0.15, 0.2) is 0 Å². The van der Waals surface area contributed by atoms with Crippen LogP contribution in [-0.2, 0) is 9.53 Å². The normalized spacial score (nSPS) is 21.5. The molecule has 0 aromatic rings. The van der Waals surface area contributed by atoms with Crippen molar-refractivity contribution in [2.75, 3.05) is 27.3 Å². The van der Waals surface area contributed by atoms with Crippen LogP contribution in [0.4, 0.5) is 0 Å². The average molecular weight is 187 g/mol. The Morgan fingerprint density at radius 2 is 2.00 bits per heavy atom. The lowest BCUT2D eigenvalue weighted by molar-refractivity contribution is -0.133. The smallest absolute Gasteiger partial charge is 0.254 e. The summed E-state index contributed by atoms with van der Waals surface area (Å²) >= 11 is 0. The number of hydrogen-bond donors (Lipinski definition) is 2. The monoisotopic (exact) mass is 187 g/mol. The van der Waals surface area contributed by atoms with Crippen molar-refractivity contribution in [1.29, 1.82) is 0 Å². The fraction of sp³-hybridized carbons (Fsp3) is 0.875. The molecule has 3 N–H and O–H groups in total. The van der Waals surface area contributed by atoms with Crippen molar-refractivity contribution in [1.82, 2.24) is 10.4 Å². The molecular formula is C8H17N3O2. The molecule has 0 aliphatic carbocycles. The molecule has 1 aliphatic heterocycles. The Hall–Kier alpha value is -0.650. The van der Waals surface area contributed by atoms with Crippen LogP contribution in [0, 0.1) is 0 Å². The molecule has 0 unspecified atom stereocenters. The lowest BCUT2D eigenvalue weighted by Crippen LogP contribution is -2.59. The minimum Gasteiger partial charge on any atom is -0.381 e. The molecule has 1 rings (SSSR count). The summed E-state index contributed by atoms with van der Waals surface area (Å²) in [4.78, 5) is 11.6. The van der Waals surface area contributed by atoms with Crippen LogP contribution >= 0.6 is 0 Å². The number of hydrazine groups is 1. The van der Waals surface area contributed by atoms with Gasteiger partial charge in [-0.15, -0.1) is 0 Å². The molecule has 0 bridgehead atoms. The van der Waals surface area contributed by atoms with E-state index in [-0.39, 0.29) is 5.91 Å². The number of carbonyl (C=O) groups is 1. The van der Waals surface area contributed by atoms with E-state index in [2.05, 4.69) is 5.43 Å². The molecule has 5 heteroatoms. The first-order valence-corrected chi connectivity index (χ1v) is 4.40. The van der Waals surface area contributed by atoms with Crippen molar-refractivity contribution in [2.45, 2.75) is 18.4 Å². The minimum atomic E-state index is -0.747. The van der Waals surface area contributed by atoms with Gasteiger partial charge in [0.2, 0.25) is 0 Å². The zero-order chi connectivity index (χ0) is 9.90. The van der Waals surface area contributed by atoms with Gasteiger partial charge in [-0.2, -0.15) is 0 Å². The first-order chi connectivity index (χ1) is 6.04. The highest BCUT2D eigenvalue weighted by molar-refractivity contribution is 5.85. The maximum absolute atomic E-state index is 11.6. The standard InChI is InChI=1S/C8H17N3O2/c1-11(2)10-7(12)8(9)3-5-13-6-4-8/h3-6,9H2,1-2H3,(H,10,12). The van der Waals surface area contributed by atoms with Gasteiger partial charge >= 0.3 is 0 Å². The zero-order valence-corrected chi connectivity index (χ0v) is 8.17. The van der Waals surface area contributed by atoms with E-state index in [1.165, 1.54) is 0 Å². The molecule has 5 nitrogen and oxygen atoms in total. The highest BCUT2D eigenvalue weighted by Crippen LogP contribution is 2.17. The third-order valence-corrected chi connectivity index (χ3v) is 2.16. The van der Waals surface area contributed by atoms with Gasteiger partial charge in [-0.05, 0) is 12.8 Å². The van der Waals surface area contributed by atoms with Gasteiger partial charge in [-0.1, -0.05) is 0 Å². The van der Waals surface area contributed by atoms with Gasteiger partial charge in [0, 0.05) is 27.3 Å². The van der Waals surface area contributed by atoms with Gasteiger partial charge in [0.25, 0.3) is 5.91 Å². The highest BCUT2D eigenvalue weighted by atomic mass is 16.5. The number of ether oxygens (including phenoxy) is 1. The van der Waals surface area contributed by atoms with Crippen LogP contribution in [0.5, 0.6) is 0 Å². The predicted octanol–water partition coefficient (Wildman–Crippen LogP) is -0.913. The third kappa shape index (κ3) is 2.65. The summed E-state index contributed by atoms with van der Waals surface area (Å²) < 4.78 is 5.15. The molecule has 0 aromatic heterocycles. The summed E-state index contributed by atoms with van der Waals surface area (Å²) in [7, 11) is 3.53. The van der Waals surface area contributed by atoms with Crippen LogP contribution in [-0.4, -0.2) is 43.8 Å². The van der Waals surface area contributed by atoms with E-state index in [1.54, 1.807) is 19.1 Å². The number of rotatable bonds is 2. The fourth-order valence-electron chi connectivity index (χ4n) is 1.28. The summed E-state index contributed by atoms with van der Waals surface area (Å²) in [6.45, 7) is 1.13. The Bertz CT molecular complexity index is 188. The van der Waals surface area contributed by atoms with Crippen molar-refractivity contribution < 1.29 is 9.53 Å². The molecule has 1 heterocycles. The van der Waals surface area contributed by atoms with Gasteiger partial charge in [0.05, 0.1) is 0 Å². The van der Waals surface area contributed by atoms with E-state index < -0.39 is 5.54 Å². The van der Waals surface area contributed by atoms with Crippen molar-refractivity contribution >= 4 is 5.91 Å². The van der Waals surface area contributed by atoms with Crippen molar-refractivity contribution in [3.8, 4) is 0 Å². The van der Waals surface area contributed by atoms with Crippen LogP contribution < -0.4 is 11.2 Å². The summed E-state index contributed by atoms with van der Waals surface area (Å²) in [5, 5.41) is 1.60. The summed E-state index contributed by atoms with van der Waals surface area (Å²) in [6, 6.07) is 0. The Morgan fingerprint density at radius 3 is 2.46 bits per heavy atom. The van der Waals surface area contributed by atoms with Crippen molar-refractivity contribution in [3.63, 3.8) is 0 Å². The van der Waals surface area contributed by atoms with E-state index >= 15 is 0 Å². The number of carbonyl (C=O) groups excluding carboxylic acids is 1. The molecule has 1 amide bonds. The van der Waals surface area contributed by atoms with Gasteiger partial charge in [-0.3, -0.25) is 10.2 Å². The molecule has 0 spiro atoms. The van der Waals surface area contributed by atoms with Crippen LogP contribution in [0.2, 0.25) is 0 Å². The fourth-order valence-corrected chi connectivity index (χ4v) is 1.28. The van der Waals surface area contributed by atoms with Crippen molar-refractivity contribution in [3.05, 3.63) is 0 Å². The van der Waals surface area contributed by atoms with Gasteiger partial charge in [0.1, 0.15) is 5.54 Å². The molecule has 13 heavy (non-hydrogen) atoms. The zero-order valence-electron chi connectivity index (χ0n) is 8.17. The molecule has 0 atom stereocenters. The van der Waals surface area contributed by atoms with Crippen LogP contribution in [0.25, 0.3) is 0 Å². The van der Waals surface area contributed by atoms with E-state index in [4.69, 9.17) is 10.5 Å². The summed E-state index contributed by atoms with van der Waals surface area (Å²) in [5.41, 5.74) is 7.85. The predicted molar refractivity (Wildman–Crippen MR) is 48.8 cm³/mol. The van der Waals surface area contributed by atoms with E-state index in [1.807, 2.05) is 0 Å². The van der Waals surface area contributed by atoms with Crippen LogP contribution in [0.1, 0.15) is 12.8 Å². The van der Waals surface area contributed by atoms with Gasteiger partial charge in [0.15, 0.2) is 0 Å². The molecule has 0 saturated carbocycles. The highest BCUT2D eigenvalue weighted by Gasteiger charge is 2.35. The number of nitrogens with one attached hydrogen (secondary N) is 1. The second-order valence-corrected chi connectivity index (χ2v) is 3.60. The molecular weight excluding hydrogens is 170 g/mol. The Labute approximate surface area is 78.2 Å². The van der Waals surface area contributed by atoms with E-state index in [9.17, 15) is 4.79 Å². The minimum absolute atomic E-state index is 0.124. The number of amides is 1. The molecule has 1 saturated heterocycles. The molecule has 76 valence electrons. The number of nitrogens with zero attached hydrogens (tertiary/aromatic N) is 1. The second kappa shape index (κ2) is 4.04. The first kappa shape index (κ1) is 10.4. The maximum atomic E-state index is 11.6. The molecule has 0 radical (unpaired) electrons. The molecule has 1 fully saturated rings. The largest absolute Gasteiger partial charge is 0.381 e. The quantitative estimate of drug-likeness (QED) is 0.549. The van der Waals surface area contributed by atoms with Crippen molar-refractivity contribution in [2.24, 2.45) is 5.73 Å². The lowest BCUT2D eigenvalue weighted by atomic mass is 9.91. The maximum Gasteiger partial charge on any atom is 0.254 e. The lowest BCUT2D eigenvalue weighted by Gasteiger charge is -2.32. The van der Waals surface area contributed by atoms with E-state index in [0.717, 1.165) is 0 Å². The van der Waals surface area contributed by atoms with Crippen LogP contribution in [0.3, 0.4) is 0 Å². The summed E-state index contributed by atoms with van der Waals surface area (Å²) in [6.07, 6.45) is 1.18. The SMILES string of the molecule is CN(C)NC(=O)C1(N)CCOCC1. The van der Waals surface area contributed by atoms with E-state index in [0.29, 0.717) is 26.1 Å². The Balaban J connectivity index is 2.51. The topological polar surface area (TPSA) is 67.6 Å². The Kier molecular flexibility index (Phi) is 3.24. The summed E-state index contributed by atoms with van der Waals surface area (Å²) in [5.74, 6) is -0.124. The van der Waals surface area contributed by atoms with Gasteiger partial charge in [-0.25, -0.2) is 5.01 Å². The molecule has 0 aromatic carbocycles. The number of hydrogen-bond acceptors (Lipinski definition) is 4.